The normalized spacial score (nSPS) is 10.9. The van der Waals surface area contributed by atoms with Gasteiger partial charge in [0.15, 0.2) is 0 Å². The fourth-order valence-electron chi connectivity index (χ4n) is 6.69. The molecular formula is C50H101I6O2-. The molecule has 0 aromatic heterocycles. The van der Waals surface area contributed by atoms with Crippen LogP contribution in [0.5, 0.6) is 0 Å². The Morgan fingerprint density at radius 1 is 0.397 bits per heavy atom. The fourth-order valence-corrected chi connectivity index (χ4v) is 6.69. The van der Waals surface area contributed by atoms with E-state index in [0.717, 1.165) is 12.8 Å². The first-order valence-corrected chi connectivity index (χ1v) is 43.0. The second-order valence-electron chi connectivity index (χ2n) is 15.8. The number of aliphatic hydroxyl groups excluding tert-OH is 2. The van der Waals surface area contributed by atoms with E-state index in [9.17, 15) is 0 Å². The molecule has 2 N–H and O–H groups in total. The summed E-state index contributed by atoms with van der Waals surface area (Å²) in [4.78, 5) is 0. The van der Waals surface area contributed by atoms with E-state index in [-0.39, 0.29) is 24.0 Å². The summed E-state index contributed by atoms with van der Waals surface area (Å²) in [5, 5.41) is 18.1. The van der Waals surface area contributed by atoms with Crippen molar-refractivity contribution in [3.63, 3.8) is 0 Å². The number of rotatable bonds is 38. The monoisotopic (exact) mass is 1500 g/mol. The zero-order valence-corrected chi connectivity index (χ0v) is 52.5. The standard InChI is InChI=1S/2C17H34O.C16H32.I3.I2.HI/c2*1-3-5-7-9-10-12-14-17(15-16-18)13-11-8-6-4-2;1-4-6-8-10-11-13-15-16(3)14-12-9-7-5-2;1-3-2;1-2;/h14,18H,3-13,15-16H2,1-2H3;13,18H,3-12,14-16H2,1-2H3;3-15H2,1-2H3;;;1H/q;;;-1;;/b17-14+;17-13+;;;;. The molecule has 0 aromatic rings. The molecule has 0 heterocycles. The van der Waals surface area contributed by atoms with Crippen LogP contribution in [0.3, 0.4) is 0 Å². The Labute approximate surface area is 437 Å². The van der Waals surface area contributed by atoms with Crippen LogP contribution in [0.1, 0.15) is 273 Å². The molecular weight excluding hydrogens is 1390 g/mol. The van der Waals surface area contributed by atoms with Crippen LogP contribution in [0.2, 0.25) is 0 Å². The molecule has 2 nitrogen and oxygen atoms in total. The predicted molar refractivity (Wildman–Crippen MR) is 311 cm³/mol. The van der Waals surface area contributed by atoms with Gasteiger partial charge in [0.2, 0.25) is 0 Å². The predicted octanol–water partition coefficient (Wildman–Crippen LogP) is 18.7. The molecule has 58 heavy (non-hydrogen) atoms. The second-order valence-corrected chi connectivity index (χ2v) is 32.1. The molecule has 0 aromatic carbocycles. The van der Waals surface area contributed by atoms with E-state index in [0.29, 0.717) is 26.5 Å². The quantitative estimate of drug-likeness (QED) is 0.0367. The van der Waals surface area contributed by atoms with E-state index in [4.69, 9.17) is 10.2 Å². The Kier molecular flexibility index (Phi) is 94.3. The van der Waals surface area contributed by atoms with Crippen molar-refractivity contribution in [2.24, 2.45) is 0 Å². The van der Waals surface area contributed by atoms with Crippen molar-refractivity contribution in [2.75, 3.05) is 13.2 Å². The number of hydrogen-bond donors (Lipinski definition) is 2. The van der Waals surface area contributed by atoms with Gasteiger partial charge >= 0.3 is 50.5 Å². The van der Waals surface area contributed by atoms with E-state index >= 15 is 0 Å². The van der Waals surface area contributed by atoms with Crippen LogP contribution in [0.15, 0.2) is 35.5 Å². The first-order valence-electron chi connectivity index (χ1n) is 24.2. The van der Waals surface area contributed by atoms with Gasteiger partial charge < -0.3 is 10.2 Å². The molecule has 0 saturated heterocycles. The number of unbranched alkanes of at least 4 members (excludes halogenated alkanes) is 24. The SMILES string of the molecule is C=C(CCCCCC)CCCCCCCC.CCCCC/C=C(/CCO)CCCCCCCC.CCCCCCC/C=C(/CCO)CCCCCC.I.II.I[I-]I. The van der Waals surface area contributed by atoms with Crippen LogP contribution in [-0.4, -0.2) is 23.4 Å². The molecule has 8 heteroatoms. The number of allylic oxidation sites excluding steroid dienone is 3. The Hall–Kier alpha value is 3.52. The van der Waals surface area contributed by atoms with Gasteiger partial charge in [-0.3, -0.25) is 0 Å². The summed E-state index contributed by atoms with van der Waals surface area (Å²) in [6, 6.07) is 0. The molecule has 0 bridgehead atoms. The maximum absolute atomic E-state index is 9.07. The first kappa shape index (κ1) is 73.1. The van der Waals surface area contributed by atoms with Crippen molar-refractivity contribution >= 4 is 98.4 Å². The number of hydrogen-bond acceptors (Lipinski definition) is 2. The molecule has 356 valence electrons. The topological polar surface area (TPSA) is 40.5 Å². The van der Waals surface area contributed by atoms with Crippen molar-refractivity contribution in [1.82, 2.24) is 0 Å². The number of halogens is 6. The number of aliphatic hydroxyl groups is 2. The van der Waals surface area contributed by atoms with Crippen molar-refractivity contribution < 1.29 is 23.5 Å². The van der Waals surface area contributed by atoms with Gasteiger partial charge in [0.05, 0.1) is 0 Å². The summed E-state index contributed by atoms with van der Waals surface area (Å²) in [6.07, 6.45) is 52.0. The molecule has 0 rings (SSSR count). The first-order chi connectivity index (χ1) is 27.9. The molecule has 0 aliphatic heterocycles. The Morgan fingerprint density at radius 2 is 0.621 bits per heavy atom. The van der Waals surface area contributed by atoms with Crippen molar-refractivity contribution in [1.29, 1.82) is 0 Å². The van der Waals surface area contributed by atoms with E-state index < -0.39 is 0 Å². The average molecular weight is 1500 g/mol. The van der Waals surface area contributed by atoms with E-state index in [1.54, 1.807) is 0 Å². The van der Waals surface area contributed by atoms with Crippen molar-refractivity contribution in [3.05, 3.63) is 35.5 Å². The summed E-state index contributed by atoms with van der Waals surface area (Å²) < 4.78 is 0. The third kappa shape index (κ3) is 76.8. The Bertz CT molecular complexity index is 748. The van der Waals surface area contributed by atoms with Crippen LogP contribution >= 0.6 is 98.4 Å². The van der Waals surface area contributed by atoms with Gasteiger partial charge in [0.25, 0.3) is 0 Å². The summed E-state index contributed by atoms with van der Waals surface area (Å²) in [6.45, 7) is 18.4. The molecule has 0 radical (unpaired) electrons. The zero-order chi connectivity index (χ0) is 43.7. The summed E-state index contributed by atoms with van der Waals surface area (Å²) in [5.74, 6) is 0. The van der Waals surface area contributed by atoms with Gasteiger partial charge in [0.1, 0.15) is 0 Å². The van der Waals surface area contributed by atoms with Crippen LogP contribution in [0.4, 0.5) is 0 Å². The molecule has 0 saturated carbocycles. The van der Waals surface area contributed by atoms with E-state index in [1.165, 1.54) is 235 Å². The zero-order valence-electron chi connectivity index (χ0n) is 39.4. The minimum absolute atomic E-state index is 0. The molecule has 0 spiro atoms. The average Bonchev–Trinajstić information content (AvgIpc) is 3.22. The van der Waals surface area contributed by atoms with Crippen molar-refractivity contribution in [2.45, 2.75) is 273 Å². The Balaban J connectivity index is -0.000000164. The van der Waals surface area contributed by atoms with Gasteiger partial charge in [0, 0.05) is 50.4 Å². The van der Waals surface area contributed by atoms with Crippen LogP contribution < -0.4 is 13.3 Å². The summed E-state index contributed by atoms with van der Waals surface area (Å²) >= 11 is 9.54. The van der Waals surface area contributed by atoms with Gasteiger partial charge in [-0.05, 0) is 89.9 Å². The van der Waals surface area contributed by atoms with Gasteiger partial charge in [-0.25, -0.2) is 0 Å². The van der Waals surface area contributed by atoms with Crippen LogP contribution in [-0.2, 0) is 0 Å². The van der Waals surface area contributed by atoms with E-state index in [1.807, 2.05) is 0 Å². The van der Waals surface area contributed by atoms with Crippen LogP contribution in [0.25, 0.3) is 0 Å². The molecule has 0 amide bonds. The fraction of sp³-hybridized carbons (Fsp3) is 0.880. The summed E-state index contributed by atoms with van der Waals surface area (Å²) in [5.41, 5.74) is 4.47. The van der Waals surface area contributed by atoms with Crippen LogP contribution in [0, 0.1) is 0 Å². The molecule has 0 aliphatic rings. The third-order valence-corrected chi connectivity index (χ3v) is 10.3. The van der Waals surface area contributed by atoms with Gasteiger partial charge in [-0.1, -0.05) is 218 Å². The molecule has 0 fully saturated rings. The minimum atomic E-state index is 0. The molecule has 0 unspecified atom stereocenters. The third-order valence-electron chi connectivity index (χ3n) is 10.3. The van der Waals surface area contributed by atoms with Gasteiger partial charge in [-0.15, -0.1) is 24.0 Å². The summed E-state index contributed by atoms with van der Waals surface area (Å²) in [7, 11) is 0. The Morgan fingerprint density at radius 3 is 0.931 bits per heavy atom. The van der Waals surface area contributed by atoms with E-state index in [2.05, 4.69) is 135 Å². The second kappa shape index (κ2) is 74.9. The van der Waals surface area contributed by atoms with Gasteiger partial charge in [-0.2, -0.15) is 0 Å². The maximum atomic E-state index is 9.07. The van der Waals surface area contributed by atoms with Crippen molar-refractivity contribution in [3.8, 4) is 0 Å². The molecule has 0 atom stereocenters. The molecule has 0 aliphatic carbocycles.